The van der Waals surface area contributed by atoms with Gasteiger partial charge in [0.05, 0.1) is 12.4 Å². The lowest BCUT2D eigenvalue weighted by molar-refractivity contribution is 0.0737. The molecule has 0 radical (unpaired) electrons. The van der Waals surface area contributed by atoms with Gasteiger partial charge in [0, 0.05) is 24.4 Å². The molecule has 0 saturated carbocycles. The molecule has 3 N–H and O–H groups in total. The van der Waals surface area contributed by atoms with Crippen molar-refractivity contribution in [3.63, 3.8) is 0 Å². The highest BCUT2D eigenvalue weighted by Crippen LogP contribution is 2.14. The zero-order valence-electron chi connectivity index (χ0n) is 11.4. The Morgan fingerprint density at radius 2 is 2.30 bits per heavy atom. The number of aromatic nitrogens is 2. The summed E-state index contributed by atoms with van der Waals surface area (Å²) in [6, 6.07) is 4.18. The molecule has 1 amide bonds. The average molecular weight is 291 g/mol. The number of nitrogen functional groups attached to an aromatic ring is 1. The van der Waals surface area contributed by atoms with E-state index in [9.17, 15) is 4.79 Å². The Labute approximate surface area is 121 Å². The Hall–Kier alpha value is -1.99. The van der Waals surface area contributed by atoms with E-state index in [0.29, 0.717) is 11.5 Å². The fourth-order valence-electron chi connectivity index (χ4n) is 1.75. The molecule has 0 aliphatic heterocycles. The monoisotopic (exact) mass is 291 g/mol. The second kappa shape index (κ2) is 6.44. The normalized spacial score (nSPS) is 11.9. The minimum atomic E-state index is -0.148. The first-order valence-corrected chi connectivity index (χ1v) is 7.08. The first-order valence-electron chi connectivity index (χ1n) is 6.20. The summed E-state index contributed by atoms with van der Waals surface area (Å²) >= 11 is 1.69. The van der Waals surface area contributed by atoms with Crippen LogP contribution in [0.25, 0.3) is 0 Å². The number of thiophene rings is 1. The van der Waals surface area contributed by atoms with Gasteiger partial charge in [0.2, 0.25) is 0 Å². The van der Waals surface area contributed by atoms with Crippen LogP contribution in [-0.4, -0.2) is 33.9 Å². The van der Waals surface area contributed by atoms with Gasteiger partial charge < -0.3 is 10.3 Å². The first-order chi connectivity index (χ1) is 9.61. The summed E-state index contributed by atoms with van der Waals surface area (Å²) in [5.74, 6) is 5.49. The fourth-order valence-corrected chi connectivity index (χ4v) is 2.58. The number of amides is 1. The maximum Gasteiger partial charge on any atom is 0.274 e. The van der Waals surface area contributed by atoms with Gasteiger partial charge in [0.25, 0.3) is 5.91 Å². The van der Waals surface area contributed by atoms with Crippen molar-refractivity contribution in [2.24, 2.45) is 5.84 Å². The maximum atomic E-state index is 12.3. The molecule has 106 valence electrons. The number of nitrogens with two attached hydrogens (primary N) is 1. The number of rotatable bonds is 5. The lowest BCUT2D eigenvalue weighted by Crippen LogP contribution is -2.36. The predicted molar refractivity (Wildman–Crippen MR) is 79.4 cm³/mol. The van der Waals surface area contributed by atoms with Crippen LogP contribution in [0.3, 0.4) is 0 Å². The Morgan fingerprint density at radius 3 is 2.85 bits per heavy atom. The molecule has 2 heterocycles. The largest absolute Gasteiger partial charge is 0.337 e. The van der Waals surface area contributed by atoms with Gasteiger partial charge >= 0.3 is 0 Å². The molecule has 0 bridgehead atoms. The summed E-state index contributed by atoms with van der Waals surface area (Å²) in [6.45, 7) is 2.01. The standard InChI is InChI=1S/C13H17N5OS/c1-9(6-10-4-3-5-20-10)18(2)13(19)11-7-16-12(17-14)8-15-11/h3-5,7-9H,6,14H2,1-2H3,(H,16,17). The van der Waals surface area contributed by atoms with Crippen LogP contribution in [0.4, 0.5) is 5.82 Å². The van der Waals surface area contributed by atoms with Crippen molar-refractivity contribution in [3.8, 4) is 0 Å². The van der Waals surface area contributed by atoms with Crippen molar-refractivity contribution in [1.82, 2.24) is 14.9 Å². The molecule has 1 atom stereocenters. The Kier molecular flexibility index (Phi) is 4.65. The van der Waals surface area contributed by atoms with Gasteiger partial charge in [-0.3, -0.25) is 4.79 Å². The van der Waals surface area contributed by atoms with Crippen molar-refractivity contribution in [2.45, 2.75) is 19.4 Å². The number of anilines is 1. The third kappa shape index (κ3) is 3.31. The van der Waals surface area contributed by atoms with Crippen LogP contribution in [0, 0.1) is 0 Å². The highest BCUT2D eigenvalue weighted by atomic mass is 32.1. The molecule has 0 spiro atoms. The molecule has 6 nitrogen and oxygen atoms in total. The summed E-state index contributed by atoms with van der Waals surface area (Å²) < 4.78 is 0. The van der Waals surface area contributed by atoms with Crippen molar-refractivity contribution in [3.05, 3.63) is 40.5 Å². The van der Waals surface area contributed by atoms with Crippen LogP contribution in [0.5, 0.6) is 0 Å². The molecule has 0 fully saturated rings. The lowest BCUT2D eigenvalue weighted by atomic mass is 10.2. The third-order valence-electron chi connectivity index (χ3n) is 3.08. The van der Waals surface area contributed by atoms with E-state index in [1.165, 1.54) is 17.3 Å². The molecule has 2 rings (SSSR count). The predicted octanol–water partition coefficient (Wildman–Crippen LogP) is 1.53. The second-order valence-corrected chi connectivity index (χ2v) is 5.51. The lowest BCUT2D eigenvalue weighted by Gasteiger charge is -2.24. The molecule has 0 aliphatic carbocycles. The average Bonchev–Trinajstić information content (AvgIpc) is 2.98. The zero-order chi connectivity index (χ0) is 14.5. The summed E-state index contributed by atoms with van der Waals surface area (Å²) in [6.07, 6.45) is 3.69. The smallest absolute Gasteiger partial charge is 0.274 e. The van der Waals surface area contributed by atoms with E-state index < -0.39 is 0 Å². The Balaban J connectivity index is 2.03. The SMILES string of the molecule is CC(Cc1cccs1)N(C)C(=O)c1cnc(NN)cn1. The zero-order valence-corrected chi connectivity index (χ0v) is 12.2. The van der Waals surface area contributed by atoms with Gasteiger partial charge in [0.15, 0.2) is 5.82 Å². The van der Waals surface area contributed by atoms with E-state index in [1.807, 2.05) is 18.4 Å². The Bertz CT molecular complexity index is 555. The van der Waals surface area contributed by atoms with Crippen molar-refractivity contribution >= 4 is 23.1 Å². The number of hydrazine groups is 1. The third-order valence-corrected chi connectivity index (χ3v) is 3.98. The molecule has 1 unspecified atom stereocenters. The minimum absolute atomic E-state index is 0.0928. The van der Waals surface area contributed by atoms with Gasteiger partial charge in [-0.2, -0.15) is 0 Å². The summed E-state index contributed by atoms with van der Waals surface area (Å²) in [5, 5.41) is 2.04. The number of likely N-dealkylation sites (N-methyl/N-ethyl adjacent to an activating group) is 1. The van der Waals surface area contributed by atoms with Crippen LogP contribution in [0.2, 0.25) is 0 Å². The molecule has 2 aromatic heterocycles. The topological polar surface area (TPSA) is 84.1 Å². The molecular formula is C13H17N5OS. The van der Waals surface area contributed by atoms with E-state index in [-0.39, 0.29) is 11.9 Å². The quantitative estimate of drug-likeness (QED) is 0.644. The van der Waals surface area contributed by atoms with Gasteiger partial charge in [0.1, 0.15) is 5.69 Å². The maximum absolute atomic E-state index is 12.3. The van der Waals surface area contributed by atoms with E-state index in [0.717, 1.165) is 6.42 Å². The summed E-state index contributed by atoms with van der Waals surface area (Å²) in [4.78, 5) is 23.3. The number of hydrogen-bond acceptors (Lipinski definition) is 6. The molecule has 0 aliphatic rings. The van der Waals surface area contributed by atoms with Crippen LogP contribution in [0.1, 0.15) is 22.3 Å². The molecule has 7 heteroatoms. The molecule has 2 aromatic rings. The van der Waals surface area contributed by atoms with Crippen LogP contribution < -0.4 is 11.3 Å². The number of nitrogens with zero attached hydrogens (tertiary/aromatic N) is 3. The van der Waals surface area contributed by atoms with Crippen LogP contribution in [0.15, 0.2) is 29.9 Å². The summed E-state index contributed by atoms with van der Waals surface area (Å²) in [7, 11) is 1.78. The number of carbonyl (C=O) groups is 1. The van der Waals surface area contributed by atoms with E-state index in [4.69, 9.17) is 5.84 Å². The highest BCUT2D eigenvalue weighted by Gasteiger charge is 2.19. The molecule has 20 heavy (non-hydrogen) atoms. The van der Waals surface area contributed by atoms with Crippen molar-refractivity contribution < 1.29 is 4.79 Å². The molecule has 0 saturated heterocycles. The van der Waals surface area contributed by atoms with Crippen LogP contribution >= 0.6 is 11.3 Å². The number of nitrogens with one attached hydrogen (secondary N) is 1. The highest BCUT2D eigenvalue weighted by molar-refractivity contribution is 7.09. The van der Waals surface area contributed by atoms with E-state index in [1.54, 1.807) is 23.3 Å². The van der Waals surface area contributed by atoms with Crippen molar-refractivity contribution in [1.29, 1.82) is 0 Å². The number of carbonyl (C=O) groups excluding carboxylic acids is 1. The van der Waals surface area contributed by atoms with E-state index in [2.05, 4.69) is 21.5 Å². The molecule has 0 aromatic carbocycles. The van der Waals surface area contributed by atoms with Gasteiger partial charge in [-0.25, -0.2) is 15.8 Å². The second-order valence-electron chi connectivity index (χ2n) is 4.48. The van der Waals surface area contributed by atoms with Gasteiger partial charge in [-0.1, -0.05) is 6.07 Å². The van der Waals surface area contributed by atoms with E-state index >= 15 is 0 Å². The summed E-state index contributed by atoms with van der Waals surface area (Å²) in [5.41, 5.74) is 2.69. The van der Waals surface area contributed by atoms with Gasteiger partial charge in [-0.05, 0) is 18.4 Å². The Morgan fingerprint density at radius 1 is 1.50 bits per heavy atom. The van der Waals surface area contributed by atoms with Gasteiger partial charge in [-0.15, -0.1) is 11.3 Å². The van der Waals surface area contributed by atoms with Crippen molar-refractivity contribution in [2.75, 3.05) is 12.5 Å². The fraction of sp³-hybridized carbons (Fsp3) is 0.308. The first kappa shape index (κ1) is 14.4. The van der Waals surface area contributed by atoms with Crippen LogP contribution in [-0.2, 0) is 6.42 Å². The minimum Gasteiger partial charge on any atom is -0.337 e. The number of hydrogen-bond donors (Lipinski definition) is 2. The molecular weight excluding hydrogens is 274 g/mol.